The highest BCUT2D eigenvalue weighted by Gasteiger charge is 2.25. The van der Waals surface area contributed by atoms with Gasteiger partial charge in [-0.15, -0.1) is 0 Å². The van der Waals surface area contributed by atoms with E-state index in [0.717, 1.165) is 49.5 Å². The molecule has 27 heavy (non-hydrogen) atoms. The first kappa shape index (κ1) is 21.7. The van der Waals surface area contributed by atoms with E-state index in [1.165, 1.54) is 5.56 Å². The topological polar surface area (TPSA) is 82.7 Å². The third kappa shape index (κ3) is 7.14. The lowest BCUT2D eigenvalue weighted by atomic mass is 9.93. The summed E-state index contributed by atoms with van der Waals surface area (Å²) in [7, 11) is 0. The van der Waals surface area contributed by atoms with Gasteiger partial charge in [0.15, 0.2) is 5.96 Å². The van der Waals surface area contributed by atoms with Crippen LogP contribution in [0.2, 0.25) is 0 Å². The third-order valence-corrected chi connectivity index (χ3v) is 5.42. The Bertz CT molecular complexity index is 636. The van der Waals surface area contributed by atoms with Gasteiger partial charge < -0.3 is 16.4 Å². The Labute approximate surface area is 171 Å². The average molecular weight is 438 g/mol. The van der Waals surface area contributed by atoms with Crippen LogP contribution in [0.1, 0.15) is 39.2 Å². The summed E-state index contributed by atoms with van der Waals surface area (Å²) < 4.78 is 1.11. The van der Waals surface area contributed by atoms with Crippen LogP contribution in [-0.4, -0.2) is 49.0 Å². The summed E-state index contributed by atoms with van der Waals surface area (Å²) in [6, 6.07) is 8.92. The van der Waals surface area contributed by atoms with Crippen LogP contribution < -0.4 is 16.4 Å². The predicted octanol–water partition coefficient (Wildman–Crippen LogP) is 2.48. The van der Waals surface area contributed by atoms with Crippen LogP contribution in [-0.2, 0) is 11.3 Å². The summed E-state index contributed by atoms with van der Waals surface area (Å²) >= 11 is 3.48. The van der Waals surface area contributed by atoms with Gasteiger partial charge in [0.2, 0.25) is 5.91 Å². The molecule has 0 spiro atoms. The van der Waals surface area contributed by atoms with E-state index in [4.69, 9.17) is 5.73 Å². The SMILES string of the molecule is CCNC(=NCC(C)(C)C(N)=O)NC1CCN(Cc2ccc(Br)cc2)CC1. The van der Waals surface area contributed by atoms with Gasteiger partial charge in [-0.3, -0.25) is 14.7 Å². The molecule has 0 radical (unpaired) electrons. The number of primary amides is 1. The first-order chi connectivity index (χ1) is 12.8. The van der Waals surface area contributed by atoms with Crippen molar-refractivity contribution in [3.63, 3.8) is 0 Å². The molecule has 2 rings (SSSR count). The Hall–Kier alpha value is -1.60. The number of halogens is 1. The van der Waals surface area contributed by atoms with Gasteiger partial charge in [0.1, 0.15) is 0 Å². The van der Waals surface area contributed by atoms with Crippen molar-refractivity contribution in [3.8, 4) is 0 Å². The summed E-state index contributed by atoms with van der Waals surface area (Å²) in [5, 5.41) is 6.78. The molecule has 150 valence electrons. The smallest absolute Gasteiger partial charge is 0.224 e. The summed E-state index contributed by atoms with van der Waals surface area (Å²) in [4.78, 5) is 18.5. The van der Waals surface area contributed by atoms with Crippen LogP contribution in [0.15, 0.2) is 33.7 Å². The van der Waals surface area contributed by atoms with E-state index >= 15 is 0 Å². The van der Waals surface area contributed by atoms with Gasteiger partial charge in [-0.25, -0.2) is 0 Å². The molecule has 0 saturated carbocycles. The average Bonchev–Trinajstić information content (AvgIpc) is 2.63. The number of carbonyl (C=O) groups excluding carboxylic acids is 1. The molecule has 0 bridgehead atoms. The maximum atomic E-state index is 11.5. The van der Waals surface area contributed by atoms with Gasteiger partial charge >= 0.3 is 0 Å². The van der Waals surface area contributed by atoms with E-state index in [1.807, 2.05) is 20.8 Å². The largest absolute Gasteiger partial charge is 0.369 e. The number of likely N-dealkylation sites (tertiary alicyclic amines) is 1. The molecule has 4 N–H and O–H groups in total. The normalized spacial score (nSPS) is 17.0. The molecule has 1 aliphatic heterocycles. The summed E-state index contributed by atoms with van der Waals surface area (Å²) in [5.41, 5.74) is 6.14. The van der Waals surface area contributed by atoms with Crippen molar-refractivity contribution in [1.82, 2.24) is 15.5 Å². The van der Waals surface area contributed by atoms with Crippen LogP contribution >= 0.6 is 15.9 Å². The molecule has 1 aromatic carbocycles. The number of rotatable bonds is 7. The lowest BCUT2D eigenvalue weighted by Crippen LogP contribution is -2.49. The molecule has 0 unspecified atom stereocenters. The van der Waals surface area contributed by atoms with Gasteiger partial charge in [-0.2, -0.15) is 0 Å². The Morgan fingerprint density at radius 1 is 1.30 bits per heavy atom. The molecular formula is C20H32BrN5O. The molecule has 1 heterocycles. The van der Waals surface area contributed by atoms with E-state index in [-0.39, 0.29) is 5.91 Å². The van der Waals surface area contributed by atoms with Gasteiger partial charge in [0.05, 0.1) is 12.0 Å². The molecule has 0 aromatic heterocycles. The number of benzene rings is 1. The molecule has 1 amide bonds. The summed E-state index contributed by atoms with van der Waals surface area (Å²) in [6.45, 7) is 9.94. The second-order valence-corrected chi connectivity index (χ2v) is 8.68. The minimum atomic E-state index is -0.642. The quantitative estimate of drug-likeness (QED) is 0.451. The summed E-state index contributed by atoms with van der Waals surface area (Å²) in [5.74, 6) is 0.432. The fourth-order valence-electron chi connectivity index (χ4n) is 2.95. The van der Waals surface area contributed by atoms with Crippen molar-refractivity contribution in [3.05, 3.63) is 34.3 Å². The van der Waals surface area contributed by atoms with Gasteiger partial charge in [-0.05, 0) is 51.3 Å². The Kier molecular flexibility index (Phi) is 8.10. The van der Waals surface area contributed by atoms with Crippen molar-refractivity contribution in [2.24, 2.45) is 16.1 Å². The number of hydrogen-bond donors (Lipinski definition) is 3. The lowest BCUT2D eigenvalue weighted by Gasteiger charge is -2.33. The molecule has 6 nitrogen and oxygen atoms in total. The van der Waals surface area contributed by atoms with Crippen LogP contribution in [0, 0.1) is 5.41 Å². The first-order valence-corrected chi connectivity index (χ1v) is 10.4. The number of nitrogens with zero attached hydrogens (tertiary/aromatic N) is 2. The van der Waals surface area contributed by atoms with E-state index in [2.05, 4.69) is 60.7 Å². The maximum absolute atomic E-state index is 11.5. The van der Waals surface area contributed by atoms with Crippen LogP contribution in [0.3, 0.4) is 0 Å². The van der Waals surface area contributed by atoms with Crippen molar-refractivity contribution in [2.45, 2.75) is 46.2 Å². The third-order valence-electron chi connectivity index (χ3n) is 4.89. The maximum Gasteiger partial charge on any atom is 0.224 e. The Morgan fingerprint density at radius 3 is 2.48 bits per heavy atom. The number of nitrogens with one attached hydrogen (secondary N) is 2. The second-order valence-electron chi connectivity index (χ2n) is 7.76. The second kappa shape index (κ2) is 10.1. The van der Waals surface area contributed by atoms with Crippen LogP contribution in [0.25, 0.3) is 0 Å². The molecular weight excluding hydrogens is 406 g/mol. The van der Waals surface area contributed by atoms with E-state index in [1.54, 1.807) is 0 Å². The minimum Gasteiger partial charge on any atom is -0.369 e. The van der Waals surface area contributed by atoms with Gasteiger partial charge in [-0.1, -0.05) is 28.1 Å². The highest BCUT2D eigenvalue weighted by Crippen LogP contribution is 2.17. The summed E-state index contributed by atoms with van der Waals surface area (Å²) in [6.07, 6.45) is 2.14. The monoisotopic (exact) mass is 437 g/mol. The molecule has 0 atom stereocenters. The van der Waals surface area contributed by atoms with Crippen molar-refractivity contribution >= 4 is 27.8 Å². The number of hydrogen-bond acceptors (Lipinski definition) is 3. The molecule has 1 fully saturated rings. The number of carbonyl (C=O) groups is 1. The highest BCUT2D eigenvalue weighted by molar-refractivity contribution is 9.10. The van der Waals surface area contributed by atoms with Crippen molar-refractivity contribution < 1.29 is 4.79 Å². The fraction of sp³-hybridized carbons (Fsp3) is 0.600. The molecule has 1 aromatic rings. The van der Waals surface area contributed by atoms with E-state index in [0.29, 0.717) is 12.6 Å². The number of piperidine rings is 1. The predicted molar refractivity (Wildman–Crippen MR) is 115 cm³/mol. The minimum absolute atomic E-state index is 0.330. The Morgan fingerprint density at radius 2 is 1.93 bits per heavy atom. The molecule has 1 saturated heterocycles. The number of nitrogens with two attached hydrogens (primary N) is 1. The van der Waals surface area contributed by atoms with E-state index in [9.17, 15) is 4.79 Å². The number of guanidine groups is 1. The van der Waals surface area contributed by atoms with Crippen LogP contribution in [0.4, 0.5) is 0 Å². The standard InChI is InChI=1S/C20H32BrN5O/c1-4-23-19(24-14-20(2,3)18(22)27)25-17-9-11-26(12-10-17)13-15-5-7-16(21)8-6-15/h5-8,17H,4,9-14H2,1-3H3,(H2,22,27)(H2,23,24,25). The molecule has 1 aliphatic rings. The fourth-order valence-corrected chi connectivity index (χ4v) is 3.22. The van der Waals surface area contributed by atoms with Gasteiger partial charge in [0, 0.05) is 36.7 Å². The zero-order valence-corrected chi connectivity index (χ0v) is 18.2. The zero-order valence-electron chi connectivity index (χ0n) is 16.6. The highest BCUT2D eigenvalue weighted by atomic mass is 79.9. The lowest BCUT2D eigenvalue weighted by molar-refractivity contribution is -0.125. The zero-order chi connectivity index (χ0) is 19.9. The van der Waals surface area contributed by atoms with Crippen molar-refractivity contribution in [2.75, 3.05) is 26.2 Å². The van der Waals surface area contributed by atoms with Crippen molar-refractivity contribution in [1.29, 1.82) is 0 Å². The van der Waals surface area contributed by atoms with Crippen LogP contribution in [0.5, 0.6) is 0 Å². The number of amides is 1. The molecule has 7 heteroatoms. The Balaban J connectivity index is 1.84. The molecule has 0 aliphatic carbocycles. The number of aliphatic imine (C=N–C) groups is 1. The van der Waals surface area contributed by atoms with E-state index < -0.39 is 5.41 Å². The van der Waals surface area contributed by atoms with Gasteiger partial charge in [0.25, 0.3) is 0 Å². The first-order valence-electron chi connectivity index (χ1n) is 9.61.